The number of nitrogens with one attached hydrogen (secondary N) is 2. The molecule has 0 heterocycles. The van der Waals surface area contributed by atoms with Crippen LogP contribution >= 0.6 is 11.6 Å². The minimum Gasteiger partial charge on any atom is -0.349 e. The minimum atomic E-state index is -3.76. The molecule has 3 rings (SSSR count). The Labute approximate surface area is 158 Å². The third-order valence-corrected chi connectivity index (χ3v) is 6.42. The molecule has 0 aromatic heterocycles. The smallest absolute Gasteiger partial charge is 0.261 e. The van der Waals surface area contributed by atoms with Crippen LogP contribution in [0.1, 0.15) is 41.6 Å². The number of amides is 1. The Morgan fingerprint density at radius 2 is 1.73 bits per heavy atom. The summed E-state index contributed by atoms with van der Waals surface area (Å²) >= 11 is 6.03. The van der Waals surface area contributed by atoms with Crippen LogP contribution < -0.4 is 10.0 Å². The van der Waals surface area contributed by atoms with Gasteiger partial charge < -0.3 is 5.32 Å². The maximum Gasteiger partial charge on any atom is 0.261 e. The van der Waals surface area contributed by atoms with Crippen LogP contribution in [-0.2, 0) is 10.0 Å². The molecule has 26 heavy (non-hydrogen) atoms. The molecule has 0 spiro atoms. The Hall–Kier alpha value is -2.05. The molecule has 0 aliphatic heterocycles. The molecule has 1 saturated carbocycles. The first-order valence-corrected chi connectivity index (χ1v) is 10.4. The van der Waals surface area contributed by atoms with Gasteiger partial charge >= 0.3 is 0 Å². The summed E-state index contributed by atoms with van der Waals surface area (Å²) in [5, 5.41) is 3.48. The quantitative estimate of drug-likeness (QED) is 0.803. The molecular weight excluding hydrogens is 372 g/mol. The van der Waals surface area contributed by atoms with Crippen molar-refractivity contribution in [1.82, 2.24) is 5.32 Å². The molecule has 1 amide bonds. The molecule has 0 radical (unpaired) electrons. The van der Waals surface area contributed by atoms with Crippen LogP contribution in [0, 0.1) is 6.92 Å². The number of hydrogen-bond acceptors (Lipinski definition) is 3. The number of sulfonamides is 1. The Morgan fingerprint density at radius 3 is 2.38 bits per heavy atom. The van der Waals surface area contributed by atoms with E-state index >= 15 is 0 Å². The third-order valence-electron chi connectivity index (χ3n) is 4.63. The lowest BCUT2D eigenvalue weighted by Crippen LogP contribution is -2.32. The molecule has 2 aromatic carbocycles. The highest BCUT2D eigenvalue weighted by Gasteiger charge is 2.19. The van der Waals surface area contributed by atoms with Gasteiger partial charge in [0.2, 0.25) is 0 Å². The first kappa shape index (κ1) is 18.7. The number of hydrogen-bond donors (Lipinski definition) is 2. The molecule has 138 valence electrons. The van der Waals surface area contributed by atoms with E-state index in [4.69, 9.17) is 11.6 Å². The second-order valence-corrected chi connectivity index (χ2v) is 8.59. The van der Waals surface area contributed by atoms with Crippen LogP contribution in [0.5, 0.6) is 0 Å². The second-order valence-electron chi connectivity index (χ2n) is 6.50. The second kappa shape index (κ2) is 7.68. The molecule has 2 N–H and O–H groups in total. The zero-order valence-corrected chi connectivity index (χ0v) is 16.0. The van der Waals surface area contributed by atoms with Gasteiger partial charge in [0.05, 0.1) is 10.6 Å². The highest BCUT2D eigenvalue weighted by molar-refractivity contribution is 7.92. The summed E-state index contributed by atoms with van der Waals surface area (Å²) in [5.74, 6) is -0.167. The largest absolute Gasteiger partial charge is 0.349 e. The Kier molecular flexibility index (Phi) is 5.53. The molecule has 1 aliphatic carbocycles. The molecule has 0 unspecified atom stereocenters. The van der Waals surface area contributed by atoms with E-state index in [0.717, 1.165) is 25.7 Å². The Morgan fingerprint density at radius 1 is 1.08 bits per heavy atom. The number of carbonyl (C=O) groups is 1. The Balaban J connectivity index is 1.74. The van der Waals surface area contributed by atoms with Crippen LogP contribution in [0.15, 0.2) is 47.4 Å². The zero-order chi connectivity index (χ0) is 18.7. The van der Waals surface area contributed by atoms with Crippen molar-refractivity contribution in [3.8, 4) is 0 Å². The molecule has 0 bridgehead atoms. The highest BCUT2D eigenvalue weighted by atomic mass is 35.5. The van der Waals surface area contributed by atoms with Gasteiger partial charge in [-0.25, -0.2) is 8.42 Å². The van der Waals surface area contributed by atoms with E-state index in [0.29, 0.717) is 21.8 Å². The van der Waals surface area contributed by atoms with Crippen molar-refractivity contribution in [2.24, 2.45) is 0 Å². The first-order chi connectivity index (χ1) is 12.4. The van der Waals surface area contributed by atoms with E-state index in [9.17, 15) is 13.2 Å². The van der Waals surface area contributed by atoms with Crippen molar-refractivity contribution in [2.45, 2.75) is 43.5 Å². The van der Waals surface area contributed by atoms with E-state index in [1.165, 1.54) is 24.3 Å². The molecule has 2 aromatic rings. The number of carbonyl (C=O) groups excluding carboxylic acids is 1. The van der Waals surface area contributed by atoms with Gasteiger partial charge in [0.1, 0.15) is 0 Å². The average molecular weight is 393 g/mol. The topological polar surface area (TPSA) is 75.3 Å². The first-order valence-electron chi connectivity index (χ1n) is 8.56. The van der Waals surface area contributed by atoms with Crippen LogP contribution in [0.4, 0.5) is 5.69 Å². The van der Waals surface area contributed by atoms with E-state index in [1.807, 2.05) is 0 Å². The van der Waals surface area contributed by atoms with Crippen molar-refractivity contribution >= 4 is 33.2 Å². The summed E-state index contributed by atoms with van der Waals surface area (Å²) in [6.07, 6.45) is 4.27. The van der Waals surface area contributed by atoms with Gasteiger partial charge in [-0.1, -0.05) is 30.5 Å². The van der Waals surface area contributed by atoms with E-state index < -0.39 is 10.0 Å². The summed E-state index contributed by atoms with van der Waals surface area (Å²) in [6, 6.07) is 11.2. The fourth-order valence-electron chi connectivity index (χ4n) is 3.05. The van der Waals surface area contributed by atoms with Crippen molar-refractivity contribution in [2.75, 3.05) is 4.72 Å². The van der Waals surface area contributed by atoms with Gasteiger partial charge in [-0.15, -0.1) is 0 Å². The minimum absolute atomic E-state index is 0.0919. The normalized spacial score (nSPS) is 15.0. The van der Waals surface area contributed by atoms with Crippen molar-refractivity contribution in [3.63, 3.8) is 0 Å². The van der Waals surface area contributed by atoms with E-state index in [2.05, 4.69) is 10.0 Å². The molecule has 7 heteroatoms. The van der Waals surface area contributed by atoms with Gasteiger partial charge in [0, 0.05) is 16.6 Å². The SMILES string of the molecule is Cc1c(Cl)cccc1NS(=O)(=O)c1ccc(C(=O)NC2CCCC2)cc1. The fourth-order valence-corrected chi connectivity index (χ4v) is 4.34. The number of rotatable bonds is 5. The van der Waals surface area contributed by atoms with Gasteiger partial charge in [-0.2, -0.15) is 0 Å². The standard InChI is InChI=1S/C19H21ClN2O3S/c1-13-17(20)7-4-8-18(13)22-26(24,25)16-11-9-14(10-12-16)19(23)21-15-5-2-3-6-15/h4,7-12,15,22H,2-3,5-6H2,1H3,(H,21,23). The third kappa shape index (κ3) is 4.19. The molecule has 0 atom stereocenters. The molecular formula is C19H21ClN2O3S. The summed E-state index contributed by atoms with van der Waals surface area (Å²) in [6.45, 7) is 1.75. The monoisotopic (exact) mass is 392 g/mol. The Bertz CT molecular complexity index is 905. The van der Waals surface area contributed by atoms with Crippen molar-refractivity contribution in [1.29, 1.82) is 0 Å². The van der Waals surface area contributed by atoms with Crippen LogP contribution in [0.25, 0.3) is 0 Å². The summed E-state index contributed by atoms with van der Waals surface area (Å²) < 4.78 is 27.7. The van der Waals surface area contributed by atoms with E-state index in [-0.39, 0.29) is 16.8 Å². The predicted molar refractivity (Wildman–Crippen MR) is 103 cm³/mol. The maximum absolute atomic E-state index is 12.6. The highest BCUT2D eigenvalue weighted by Crippen LogP contribution is 2.25. The van der Waals surface area contributed by atoms with Crippen LogP contribution in [-0.4, -0.2) is 20.4 Å². The van der Waals surface area contributed by atoms with Crippen molar-refractivity contribution in [3.05, 3.63) is 58.6 Å². The molecule has 0 saturated heterocycles. The fraction of sp³-hybridized carbons (Fsp3) is 0.316. The lowest BCUT2D eigenvalue weighted by atomic mass is 10.2. The molecule has 5 nitrogen and oxygen atoms in total. The molecule has 1 fully saturated rings. The van der Waals surface area contributed by atoms with Gasteiger partial charge in [-0.3, -0.25) is 9.52 Å². The average Bonchev–Trinajstić information content (AvgIpc) is 3.12. The number of anilines is 1. The number of benzene rings is 2. The maximum atomic E-state index is 12.6. The lowest BCUT2D eigenvalue weighted by molar-refractivity contribution is 0.0938. The number of halogens is 1. The lowest BCUT2D eigenvalue weighted by Gasteiger charge is -2.13. The van der Waals surface area contributed by atoms with Crippen LogP contribution in [0.2, 0.25) is 5.02 Å². The zero-order valence-electron chi connectivity index (χ0n) is 14.5. The summed E-state index contributed by atoms with van der Waals surface area (Å²) in [7, 11) is -3.76. The molecule has 1 aliphatic rings. The van der Waals surface area contributed by atoms with Crippen molar-refractivity contribution < 1.29 is 13.2 Å². The van der Waals surface area contributed by atoms with Gasteiger partial charge in [-0.05, 0) is 61.7 Å². The summed E-state index contributed by atoms with van der Waals surface area (Å²) in [4.78, 5) is 12.3. The van der Waals surface area contributed by atoms with Gasteiger partial charge in [0.15, 0.2) is 0 Å². The van der Waals surface area contributed by atoms with E-state index in [1.54, 1.807) is 25.1 Å². The van der Waals surface area contributed by atoms with Crippen LogP contribution in [0.3, 0.4) is 0 Å². The predicted octanol–water partition coefficient (Wildman–Crippen LogP) is 4.12. The summed E-state index contributed by atoms with van der Waals surface area (Å²) in [5.41, 5.74) is 1.54. The van der Waals surface area contributed by atoms with Gasteiger partial charge in [0.25, 0.3) is 15.9 Å².